The molecule has 0 aliphatic heterocycles. The Morgan fingerprint density at radius 1 is 1.33 bits per heavy atom. The topological polar surface area (TPSA) is 46.2 Å². The molecule has 0 fully saturated rings. The van der Waals surface area contributed by atoms with E-state index in [1.165, 1.54) is 12.1 Å². The van der Waals surface area contributed by atoms with Crippen LogP contribution < -0.4 is 4.72 Å². The smallest absolute Gasteiger partial charge is 0.207 e. The molecule has 0 aliphatic carbocycles. The summed E-state index contributed by atoms with van der Waals surface area (Å²) in [4.78, 5) is -0.00572. The van der Waals surface area contributed by atoms with Gasteiger partial charge >= 0.3 is 0 Å². The fourth-order valence-corrected chi connectivity index (χ4v) is 4.18. The van der Waals surface area contributed by atoms with E-state index in [1.807, 2.05) is 0 Å². The minimum absolute atomic E-state index is 0.00572. The molecule has 0 unspecified atom stereocenters. The Hall–Kier alpha value is 0.480. The van der Waals surface area contributed by atoms with E-state index < -0.39 is 15.6 Å². The highest BCUT2D eigenvalue weighted by Crippen LogP contribution is 2.26. The molecule has 0 saturated carbocycles. The first-order valence-corrected chi connectivity index (χ1v) is 8.57. The Bertz CT molecular complexity index is 532. The van der Waals surface area contributed by atoms with Crippen molar-refractivity contribution in [3.05, 3.63) is 27.7 Å². The van der Waals surface area contributed by atoms with E-state index in [4.69, 9.17) is 34.8 Å². The zero-order valence-electron chi connectivity index (χ0n) is 9.38. The van der Waals surface area contributed by atoms with Crippen LogP contribution in [0.2, 0.25) is 5.02 Å². The quantitative estimate of drug-likeness (QED) is 0.774. The third-order valence-corrected chi connectivity index (χ3v) is 5.95. The summed E-state index contributed by atoms with van der Waals surface area (Å²) < 4.78 is 27.5. The number of nitrogens with one attached hydrogen (secondary N) is 1. The lowest BCUT2D eigenvalue weighted by atomic mass is 10.1. The van der Waals surface area contributed by atoms with Crippen LogP contribution in [0.5, 0.6) is 0 Å². The predicted molar refractivity (Wildman–Crippen MR) is 79.3 cm³/mol. The van der Waals surface area contributed by atoms with Gasteiger partial charge in [-0.05, 0) is 25.1 Å². The van der Waals surface area contributed by atoms with Crippen LogP contribution in [0.1, 0.15) is 6.92 Å². The molecule has 1 aromatic carbocycles. The van der Waals surface area contributed by atoms with E-state index in [0.717, 1.165) is 0 Å². The average Bonchev–Trinajstić information content (AvgIpc) is 2.27. The number of alkyl halides is 2. The summed E-state index contributed by atoms with van der Waals surface area (Å²) in [5, 5.41) is 0.128. The molecule has 0 radical (unpaired) electrons. The van der Waals surface area contributed by atoms with Crippen molar-refractivity contribution in [1.82, 2.24) is 4.72 Å². The highest BCUT2D eigenvalue weighted by Gasteiger charge is 2.30. The number of halogens is 4. The third kappa shape index (κ3) is 3.99. The van der Waals surface area contributed by atoms with Gasteiger partial charge in [0.25, 0.3) is 0 Å². The molecule has 0 amide bonds. The van der Waals surface area contributed by atoms with Crippen LogP contribution in [0.3, 0.4) is 0 Å². The third-order valence-electron chi connectivity index (χ3n) is 2.15. The lowest BCUT2D eigenvalue weighted by molar-refractivity contribution is 0.500. The van der Waals surface area contributed by atoms with Crippen LogP contribution in [-0.4, -0.2) is 25.7 Å². The summed E-state index contributed by atoms with van der Waals surface area (Å²) >= 11 is 20.6. The van der Waals surface area contributed by atoms with Crippen LogP contribution in [0.25, 0.3) is 0 Å². The Labute approximate surface area is 130 Å². The standard InChI is InChI=1S/C10H11BrCl3NO2S/c1-10(5-12,6-13)15-18(16,17)9-3-2-7(11)4-8(9)14/h2-4,15H,5-6H2,1H3. The predicted octanol–water partition coefficient (Wildman–Crippen LogP) is 3.62. The summed E-state index contributed by atoms with van der Waals surface area (Å²) in [6.07, 6.45) is 0. The van der Waals surface area contributed by atoms with Crippen molar-refractivity contribution in [3.8, 4) is 0 Å². The second-order valence-corrected chi connectivity index (χ2v) is 7.52. The molecule has 0 heterocycles. The molecule has 0 bridgehead atoms. The van der Waals surface area contributed by atoms with Crippen LogP contribution >= 0.6 is 50.7 Å². The van der Waals surface area contributed by atoms with E-state index in [0.29, 0.717) is 4.47 Å². The first kappa shape index (κ1) is 16.5. The van der Waals surface area contributed by atoms with E-state index >= 15 is 0 Å². The van der Waals surface area contributed by atoms with Crippen LogP contribution in [0.15, 0.2) is 27.6 Å². The normalized spacial score (nSPS) is 12.7. The van der Waals surface area contributed by atoms with Crippen molar-refractivity contribution in [3.63, 3.8) is 0 Å². The molecular weight excluding hydrogens is 384 g/mol. The molecule has 0 aliphatic rings. The highest BCUT2D eigenvalue weighted by molar-refractivity contribution is 9.10. The van der Waals surface area contributed by atoms with E-state index in [1.54, 1.807) is 13.0 Å². The molecular formula is C10H11BrCl3NO2S. The van der Waals surface area contributed by atoms with Crippen molar-refractivity contribution in [2.75, 3.05) is 11.8 Å². The number of hydrogen-bond donors (Lipinski definition) is 1. The molecule has 0 atom stereocenters. The molecule has 8 heteroatoms. The van der Waals surface area contributed by atoms with Gasteiger partial charge in [0, 0.05) is 16.2 Å². The number of benzene rings is 1. The maximum atomic E-state index is 12.2. The van der Waals surface area contributed by atoms with Gasteiger partial charge in [0.2, 0.25) is 10.0 Å². The summed E-state index contributed by atoms with van der Waals surface area (Å²) in [6.45, 7) is 1.62. The van der Waals surface area contributed by atoms with Crippen LogP contribution in [0.4, 0.5) is 0 Å². The van der Waals surface area contributed by atoms with Gasteiger partial charge in [-0.25, -0.2) is 13.1 Å². The molecule has 18 heavy (non-hydrogen) atoms. The lowest BCUT2D eigenvalue weighted by Gasteiger charge is -2.25. The fourth-order valence-electron chi connectivity index (χ4n) is 1.16. The number of rotatable bonds is 5. The van der Waals surface area contributed by atoms with Gasteiger partial charge in [0.05, 0.1) is 10.6 Å². The Balaban J connectivity index is 3.15. The van der Waals surface area contributed by atoms with Gasteiger partial charge in [-0.2, -0.15) is 0 Å². The summed E-state index contributed by atoms with van der Waals surface area (Å²) in [5.41, 5.74) is -0.918. The van der Waals surface area contributed by atoms with Gasteiger partial charge < -0.3 is 0 Å². The molecule has 0 spiro atoms. The first-order chi connectivity index (χ1) is 8.24. The molecule has 1 aromatic rings. The van der Waals surface area contributed by atoms with Gasteiger partial charge in [-0.3, -0.25) is 0 Å². The highest BCUT2D eigenvalue weighted by atomic mass is 79.9. The Kier molecular flexibility index (Phi) is 5.77. The van der Waals surface area contributed by atoms with Gasteiger partial charge in [-0.15, -0.1) is 23.2 Å². The fraction of sp³-hybridized carbons (Fsp3) is 0.400. The number of sulfonamides is 1. The molecule has 1 N–H and O–H groups in total. The van der Waals surface area contributed by atoms with Crippen LogP contribution in [-0.2, 0) is 10.0 Å². The van der Waals surface area contributed by atoms with Crippen LogP contribution in [0, 0.1) is 0 Å². The number of hydrogen-bond acceptors (Lipinski definition) is 2. The van der Waals surface area contributed by atoms with Gasteiger partial charge in [-0.1, -0.05) is 27.5 Å². The summed E-state index contributed by atoms with van der Waals surface area (Å²) in [6, 6.07) is 4.52. The molecule has 102 valence electrons. The average molecular weight is 396 g/mol. The monoisotopic (exact) mass is 393 g/mol. The minimum Gasteiger partial charge on any atom is -0.207 e. The maximum absolute atomic E-state index is 12.2. The van der Waals surface area contributed by atoms with E-state index in [2.05, 4.69) is 20.7 Å². The van der Waals surface area contributed by atoms with E-state index in [-0.39, 0.29) is 21.7 Å². The minimum atomic E-state index is -3.76. The molecule has 0 aromatic heterocycles. The zero-order chi connectivity index (χ0) is 14.0. The van der Waals surface area contributed by atoms with Crippen molar-refractivity contribution >= 4 is 60.8 Å². The second-order valence-electron chi connectivity index (χ2n) is 4.01. The van der Waals surface area contributed by atoms with Gasteiger partial charge in [0.15, 0.2) is 0 Å². The summed E-state index contributed by atoms with van der Waals surface area (Å²) in [5.74, 6) is 0.119. The lowest BCUT2D eigenvalue weighted by Crippen LogP contribution is -2.49. The largest absolute Gasteiger partial charge is 0.242 e. The summed E-state index contributed by atoms with van der Waals surface area (Å²) in [7, 11) is -3.76. The first-order valence-electron chi connectivity index (χ1n) is 4.85. The van der Waals surface area contributed by atoms with Crippen molar-refractivity contribution in [1.29, 1.82) is 0 Å². The Morgan fingerprint density at radius 3 is 2.33 bits per heavy atom. The zero-order valence-corrected chi connectivity index (χ0v) is 14.1. The molecule has 3 nitrogen and oxygen atoms in total. The SMILES string of the molecule is CC(CCl)(CCl)NS(=O)(=O)c1ccc(Br)cc1Cl. The van der Waals surface area contributed by atoms with Crippen molar-refractivity contribution in [2.45, 2.75) is 17.4 Å². The van der Waals surface area contributed by atoms with E-state index in [9.17, 15) is 8.42 Å². The maximum Gasteiger partial charge on any atom is 0.242 e. The Morgan fingerprint density at radius 2 is 1.89 bits per heavy atom. The van der Waals surface area contributed by atoms with Gasteiger partial charge in [0.1, 0.15) is 4.90 Å². The van der Waals surface area contributed by atoms with Crippen molar-refractivity contribution in [2.24, 2.45) is 0 Å². The molecule has 1 rings (SSSR count). The van der Waals surface area contributed by atoms with Crippen molar-refractivity contribution < 1.29 is 8.42 Å². The second kappa shape index (κ2) is 6.29. The molecule has 0 saturated heterocycles.